The molecule has 2 heterocycles. The number of anilines is 1. The maximum atomic E-state index is 12.9. The number of hydrogen-bond donors (Lipinski definition) is 0. The van der Waals surface area contributed by atoms with Crippen LogP contribution in [0.25, 0.3) is 10.9 Å². The molecule has 0 unspecified atom stereocenters. The summed E-state index contributed by atoms with van der Waals surface area (Å²) < 4.78 is 13.3. The van der Waals surface area contributed by atoms with Gasteiger partial charge in [-0.2, -0.15) is 0 Å². The van der Waals surface area contributed by atoms with Gasteiger partial charge in [0.25, 0.3) is 0 Å². The third-order valence-corrected chi connectivity index (χ3v) is 7.75. The second kappa shape index (κ2) is 11.3. The maximum absolute atomic E-state index is 12.9. The number of carbonyl (C=O) groups is 2. The van der Waals surface area contributed by atoms with Crippen LogP contribution in [0, 0.1) is 6.92 Å². The van der Waals surface area contributed by atoms with E-state index in [0.29, 0.717) is 31.2 Å². The molecule has 39 heavy (non-hydrogen) atoms. The van der Waals surface area contributed by atoms with E-state index in [9.17, 15) is 9.59 Å². The van der Waals surface area contributed by atoms with E-state index in [1.54, 1.807) is 16.7 Å². The summed E-state index contributed by atoms with van der Waals surface area (Å²) in [5.41, 5.74) is 1.96. The lowest BCUT2D eigenvalue weighted by Gasteiger charge is -2.37. The predicted octanol–water partition coefficient (Wildman–Crippen LogP) is 7.15. The van der Waals surface area contributed by atoms with Crippen LogP contribution in [0.4, 0.5) is 10.5 Å². The third-order valence-electron chi connectivity index (χ3n) is 6.28. The van der Waals surface area contributed by atoms with Gasteiger partial charge in [0.2, 0.25) is 0 Å². The summed E-state index contributed by atoms with van der Waals surface area (Å²) in [6.07, 6.45) is -0.279. The van der Waals surface area contributed by atoms with E-state index < -0.39 is 11.2 Å². The van der Waals surface area contributed by atoms with E-state index in [1.165, 1.54) is 0 Å². The number of halogens is 1. The molecule has 0 aliphatic carbocycles. The first-order chi connectivity index (χ1) is 18.2. The Morgan fingerprint density at radius 1 is 0.897 bits per heavy atom. The molecule has 7 nitrogen and oxygen atoms in total. The van der Waals surface area contributed by atoms with Crippen molar-refractivity contribution in [1.29, 1.82) is 0 Å². The van der Waals surface area contributed by atoms with Crippen molar-refractivity contribution in [1.82, 2.24) is 9.47 Å². The molecule has 1 saturated heterocycles. The van der Waals surface area contributed by atoms with E-state index in [-0.39, 0.29) is 18.6 Å². The normalized spacial score (nSPS) is 14.6. The lowest BCUT2D eigenvalue weighted by molar-refractivity contribution is -0.155. The van der Waals surface area contributed by atoms with Crippen LogP contribution >= 0.6 is 23.4 Å². The molecule has 0 bridgehead atoms. The third kappa shape index (κ3) is 7.22. The molecule has 0 radical (unpaired) electrons. The highest BCUT2D eigenvalue weighted by molar-refractivity contribution is 7.99. The van der Waals surface area contributed by atoms with Crippen LogP contribution in [-0.4, -0.2) is 58.9 Å². The lowest BCUT2D eigenvalue weighted by Crippen LogP contribution is -2.50. The molecule has 1 aliphatic rings. The Morgan fingerprint density at radius 3 is 2.10 bits per heavy atom. The average molecular weight is 572 g/mol. The summed E-state index contributed by atoms with van der Waals surface area (Å²) >= 11 is 7.80. The van der Waals surface area contributed by atoms with Crippen molar-refractivity contribution in [2.45, 2.75) is 76.0 Å². The highest BCUT2D eigenvalue weighted by Gasteiger charge is 2.28. The summed E-state index contributed by atoms with van der Waals surface area (Å²) in [6, 6.07) is 14.0. The number of piperazine rings is 1. The largest absolute Gasteiger partial charge is 0.459 e. The zero-order valence-corrected chi connectivity index (χ0v) is 25.4. The van der Waals surface area contributed by atoms with Crippen LogP contribution in [0.2, 0.25) is 5.02 Å². The van der Waals surface area contributed by atoms with Crippen LogP contribution in [0.1, 0.15) is 47.2 Å². The molecule has 1 fully saturated rings. The van der Waals surface area contributed by atoms with Crippen molar-refractivity contribution in [2.24, 2.45) is 0 Å². The Bertz CT molecular complexity index is 1350. The standard InChI is InChI=1S/C30H38ClN3O4S/c1-20-27(39-22-13-11-21(31)12-14-22)26-23(32-15-17-33(18-16-32)28(36)38-30(5,6)7)9-8-10-24(26)34(20)19-25(35)37-29(2,3)4/h8-14H,15-19H2,1-7H3. The molecule has 210 valence electrons. The molecule has 1 aliphatic heterocycles. The first kappa shape index (κ1) is 29.2. The van der Waals surface area contributed by atoms with Crippen LogP contribution in [0.5, 0.6) is 0 Å². The minimum atomic E-state index is -0.562. The summed E-state index contributed by atoms with van der Waals surface area (Å²) in [5.74, 6) is -0.276. The van der Waals surface area contributed by atoms with E-state index in [2.05, 4.69) is 17.0 Å². The second-order valence-electron chi connectivity index (χ2n) is 11.8. The van der Waals surface area contributed by atoms with Crippen LogP contribution < -0.4 is 4.90 Å². The fraction of sp³-hybridized carbons (Fsp3) is 0.467. The zero-order chi connectivity index (χ0) is 28.5. The topological polar surface area (TPSA) is 64.0 Å². The van der Waals surface area contributed by atoms with E-state index in [4.69, 9.17) is 21.1 Å². The van der Waals surface area contributed by atoms with Gasteiger partial charge in [0.1, 0.15) is 17.7 Å². The lowest BCUT2D eigenvalue weighted by atomic mass is 10.1. The van der Waals surface area contributed by atoms with Gasteiger partial charge in [-0.1, -0.05) is 29.4 Å². The molecule has 4 rings (SSSR count). The number of hydrogen-bond acceptors (Lipinski definition) is 6. The number of amides is 1. The molecule has 0 N–H and O–H groups in total. The molecule has 0 atom stereocenters. The van der Waals surface area contributed by atoms with Gasteiger partial charge in [0.05, 0.1) is 5.52 Å². The number of fused-ring (bicyclic) bond motifs is 1. The Labute approximate surface area is 240 Å². The number of benzene rings is 2. The molecule has 0 spiro atoms. The van der Waals surface area contributed by atoms with Crippen molar-refractivity contribution in [3.8, 4) is 0 Å². The molecular weight excluding hydrogens is 534 g/mol. The number of nitrogens with zero attached hydrogens (tertiary/aromatic N) is 3. The molecule has 1 amide bonds. The quantitative estimate of drug-likeness (QED) is 0.303. The van der Waals surface area contributed by atoms with Gasteiger partial charge in [0, 0.05) is 57.8 Å². The van der Waals surface area contributed by atoms with Gasteiger partial charge < -0.3 is 23.8 Å². The van der Waals surface area contributed by atoms with Crippen LogP contribution in [0.3, 0.4) is 0 Å². The van der Waals surface area contributed by atoms with Gasteiger partial charge in [-0.25, -0.2) is 4.79 Å². The summed E-state index contributed by atoms with van der Waals surface area (Å²) in [5, 5.41) is 1.77. The van der Waals surface area contributed by atoms with Crippen molar-refractivity contribution in [3.05, 3.63) is 53.2 Å². The van der Waals surface area contributed by atoms with Crippen LogP contribution in [-0.2, 0) is 20.8 Å². The SMILES string of the molecule is Cc1c(Sc2ccc(Cl)cc2)c2c(N3CCN(C(=O)OC(C)(C)C)CC3)cccc2n1CC(=O)OC(C)(C)C. The zero-order valence-electron chi connectivity index (χ0n) is 23.8. The minimum Gasteiger partial charge on any atom is -0.459 e. The van der Waals surface area contributed by atoms with Crippen molar-refractivity contribution < 1.29 is 19.1 Å². The van der Waals surface area contributed by atoms with Crippen molar-refractivity contribution >= 4 is 52.0 Å². The minimum absolute atomic E-state index is 0.122. The smallest absolute Gasteiger partial charge is 0.410 e. The first-order valence-electron chi connectivity index (χ1n) is 13.2. The maximum Gasteiger partial charge on any atom is 0.410 e. The van der Waals surface area contributed by atoms with Gasteiger partial charge in [-0.3, -0.25) is 4.79 Å². The number of rotatable bonds is 5. The summed E-state index contributed by atoms with van der Waals surface area (Å²) in [4.78, 5) is 31.7. The predicted molar refractivity (Wildman–Crippen MR) is 158 cm³/mol. The van der Waals surface area contributed by atoms with Gasteiger partial charge >= 0.3 is 12.1 Å². The summed E-state index contributed by atoms with van der Waals surface area (Å²) in [6.45, 7) is 15.9. The highest BCUT2D eigenvalue weighted by Crippen LogP contribution is 2.43. The fourth-order valence-corrected chi connectivity index (χ4v) is 5.84. The number of carbonyl (C=O) groups excluding carboxylic acids is 2. The fourth-order valence-electron chi connectivity index (χ4n) is 4.64. The Balaban J connectivity index is 1.70. The average Bonchev–Trinajstić information content (AvgIpc) is 3.09. The van der Waals surface area contributed by atoms with Crippen molar-refractivity contribution in [3.63, 3.8) is 0 Å². The number of esters is 1. The number of ether oxygens (including phenoxy) is 2. The number of aromatic nitrogens is 1. The molecule has 3 aromatic rings. The van der Waals surface area contributed by atoms with Crippen molar-refractivity contribution in [2.75, 3.05) is 31.1 Å². The highest BCUT2D eigenvalue weighted by atomic mass is 35.5. The van der Waals surface area contributed by atoms with Gasteiger partial charge in [-0.05, 0) is 84.9 Å². The Kier molecular flexibility index (Phi) is 8.47. The monoisotopic (exact) mass is 571 g/mol. The van der Waals surface area contributed by atoms with E-state index >= 15 is 0 Å². The van der Waals surface area contributed by atoms with Gasteiger partial charge in [-0.15, -0.1) is 0 Å². The second-order valence-corrected chi connectivity index (χ2v) is 13.3. The van der Waals surface area contributed by atoms with Crippen LogP contribution in [0.15, 0.2) is 52.3 Å². The van der Waals surface area contributed by atoms with E-state index in [0.717, 1.165) is 32.1 Å². The summed E-state index contributed by atoms with van der Waals surface area (Å²) in [7, 11) is 0. The molecule has 2 aromatic carbocycles. The molecule has 0 saturated carbocycles. The Hall–Kier alpha value is -2.84. The molecular formula is C30H38ClN3O4S. The molecule has 1 aromatic heterocycles. The molecule has 9 heteroatoms. The van der Waals surface area contributed by atoms with E-state index in [1.807, 2.05) is 83.4 Å². The first-order valence-corrected chi connectivity index (χ1v) is 14.4. The van der Waals surface area contributed by atoms with Gasteiger partial charge in [0.15, 0.2) is 0 Å². The Morgan fingerprint density at radius 2 is 1.51 bits per heavy atom.